The third-order valence-corrected chi connectivity index (χ3v) is 3.37. The third-order valence-electron chi connectivity index (χ3n) is 3.37. The van der Waals surface area contributed by atoms with Crippen LogP contribution in [0.2, 0.25) is 0 Å². The molecule has 0 aromatic heterocycles. The van der Waals surface area contributed by atoms with Crippen molar-refractivity contribution in [1.82, 2.24) is 10.2 Å². The van der Waals surface area contributed by atoms with Gasteiger partial charge in [-0.25, -0.2) is 0 Å². The monoisotopic (exact) mass is 154 g/mol. The number of fused-ring (bicyclic) bond motifs is 1. The standard InChI is InChI=1S/C8H14N2O/c1-9-7-6-4-10-3-2-5(11-6)8(7)10/h5-9H,2-4H2,1H3/t5-,6+,7+,8+/m0/s1. The highest BCUT2D eigenvalue weighted by molar-refractivity contribution is 5.11. The van der Waals surface area contributed by atoms with E-state index >= 15 is 0 Å². The molecular weight excluding hydrogens is 140 g/mol. The number of ether oxygens (including phenoxy) is 1. The summed E-state index contributed by atoms with van der Waals surface area (Å²) in [6.07, 6.45) is 2.28. The minimum absolute atomic E-state index is 0.484. The van der Waals surface area contributed by atoms with Gasteiger partial charge in [0.2, 0.25) is 0 Å². The molecule has 3 rings (SSSR count). The summed E-state index contributed by atoms with van der Waals surface area (Å²) in [5.41, 5.74) is 0. The highest BCUT2D eigenvalue weighted by atomic mass is 16.5. The Morgan fingerprint density at radius 3 is 3.00 bits per heavy atom. The molecule has 0 aromatic carbocycles. The summed E-state index contributed by atoms with van der Waals surface area (Å²) < 4.78 is 5.85. The Bertz CT molecular complexity index is 171. The van der Waals surface area contributed by atoms with E-state index in [0.717, 1.165) is 6.54 Å². The molecule has 3 nitrogen and oxygen atoms in total. The lowest BCUT2D eigenvalue weighted by Crippen LogP contribution is -2.40. The largest absolute Gasteiger partial charge is 0.370 e. The summed E-state index contributed by atoms with van der Waals surface area (Å²) >= 11 is 0. The topological polar surface area (TPSA) is 24.5 Å². The molecule has 3 heteroatoms. The Morgan fingerprint density at radius 1 is 1.45 bits per heavy atom. The van der Waals surface area contributed by atoms with E-state index in [0.29, 0.717) is 24.3 Å². The average Bonchev–Trinajstić information content (AvgIpc) is 2.55. The zero-order valence-electron chi connectivity index (χ0n) is 6.79. The number of likely N-dealkylation sites (N-methyl/N-ethyl adjacent to an activating group) is 1. The molecule has 0 spiro atoms. The highest BCUT2D eigenvalue weighted by Gasteiger charge is 2.56. The van der Waals surface area contributed by atoms with Gasteiger partial charge in [-0.3, -0.25) is 4.90 Å². The summed E-state index contributed by atoms with van der Waals surface area (Å²) in [4.78, 5) is 2.57. The maximum absolute atomic E-state index is 5.85. The predicted molar refractivity (Wildman–Crippen MR) is 41.5 cm³/mol. The summed E-state index contributed by atoms with van der Waals surface area (Å²) in [6, 6.07) is 1.31. The van der Waals surface area contributed by atoms with Gasteiger partial charge in [-0.2, -0.15) is 0 Å². The molecule has 3 aliphatic rings. The maximum atomic E-state index is 5.85. The average molecular weight is 154 g/mol. The van der Waals surface area contributed by atoms with Crippen molar-refractivity contribution in [3.05, 3.63) is 0 Å². The molecule has 2 bridgehead atoms. The van der Waals surface area contributed by atoms with Crippen LogP contribution >= 0.6 is 0 Å². The first kappa shape index (κ1) is 6.40. The van der Waals surface area contributed by atoms with Crippen molar-refractivity contribution >= 4 is 0 Å². The Kier molecular flexibility index (Phi) is 1.15. The molecular formula is C8H14N2O. The van der Waals surface area contributed by atoms with Gasteiger partial charge in [0.15, 0.2) is 0 Å². The van der Waals surface area contributed by atoms with Gasteiger partial charge in [-0.15, -0.1) is 0 Å². The van der Waals surface area contributed by atoms with Crippen molar-refractivity contribution in [3.8, 4) is 0 Å². The van der Waals surface area contributed by atoms with Gasteiger partial charge in [0.25, 0.3) is 0 Å². The maximum Gasteiger partial charge on any atom is 0.0875 e. The first-order valence-corrected chi connectivity index (χ1v) is 4.47. The van der Waals surface area contributed by atoms with E-state index < -0.39 is 0 Å². The summed E-state index contributed by atoms with van der Waals surface area (Å²) in [5, 5.41) is 3.36. The van der Waals surface area contributed by atoms with Gasteiger partial charge in [0.1, 0.15) is 0 Å². The summed E-state index contributed by atoms with van der Waals surface area (Å²) in [6.45, 7) is 2.41. The first-order chi connectivity index (χ1) is 5.40. The lowest BCUT2D eigenvalue weighted by atomic mass is 10.1. The number of nitrogens with zero attached hydrogens (tertiary/aromatic N) is 1. The molecule has 62 valence electrons. The van der Waals surface area contributed by atoms with Crippen molar-refractivity contribution in [2.75, 3.05) is 20.1 Å². The van der Waals surface area contributed by atoms with Gasteiger partial charge in [0, 0.05) is 13.1 Å². The van der Waals surface area contributed by atoms with Crippen LogP contribution in [0.5, 0.6) is 0 Å². The van der Waals surface area contributed by atoms with E-state index in [1.807, 2.05) is 7.05 Å². The van der Waals surface area contributed by atoms with E-state index in [1.165, 1.54) is 13.0 Å². The van der Waals surface area contributed by atoms with Crippen LogP contribution in [0.25, 0.3) is 0 Å². The van der Waals surface area contributed by atoms with Crippen LogP contribution in [0.4, 0.5) is 0 Å². The fourth-order valence-corrected chi connectivity index (χ4v) is 2.94. The number of nitrogens with one attached hydrogen (secondary N) is 1. The molecule has 4 atom stereocenters. The second kappa shape index (κ2) is 1.97. The predicted octanol–water partition coefficient (Wildman–Crippen LogP) is -0.570. The van der Waals surface area contributed by atoms with Crippen LogP contribution in [0, 0.1) is 0 Å². The fourth-order valence-electron chi connectivity index (χ4n) is 2.94. The van der Waals surface area contributed by atoms with E-state index in [9.17, 15) is 0 Å². The second-order valence-corrected chi connectivity index (χ2v) is 3.80. The SMILES string of the molecule is CN[C@H]1[C@H]2[C@@H]3CCN2C[C@H]1O3. The molecule has 0 aromatic rings. The van der Waals surface area contributed by atoms with Crippen LogP contribution in [0.15, 0.2) is 0 Å². The van der Waals surface area contributed by atoms with Gasteiger partial charge in [-0.1, -0.05) is 0 Å². The van der Waals surface area contributed by atoms with E-state index in [-0.39, 0.29) is 0 Å². The van der Waals surface area contributed by atoms with Gasteiger partial charge < -0.3 is 10.1 Å². The number of hydrogen-bond acceptors (Lipinski definition) is 3. The number of hydrogen-bond donors (Lipinski definition) is 1. The van der Waals surface area contributed by atoms with Crippen LogP contribution < -0.4 is 5.32 Å². The van der Waals surface area contributed by atoms with Crippen molar-refractivity contribution in [2.24, 2.45) is 0 Å². The fraction of sp³-hybridized carbons (Fsp3) is 1.00. The van der Waals surface area contributed by atoms with Crippen LogP contribution in [-0.2, 0) is 4.74 Å². The molecule has 3 saturated heterocycles. The smallest absolute Gasteiger partial charge is 0.0875 e. The molecule has 0 aliphatic carbocycles. The number of morpholine rings is 1. The Balaban J connectivity index is 1.93. The Morgan fingerprint density at radius 2 is 2.36 bits per heavy atom. The van der Waals surface area contributed by atoms with Crippen molar-refractivity contribution in [2.45, 2.75) is 30.7 Å². The minimum Gasteiger partial charge on any atom is -0.370 e. The molecule has 0 saturated carbocycles. The van der Waals surface area contributed by atoms with Crippen molar-refractivity contribution < 1.29 is 4.74 Å². The molecule has 3 fully saturated rings. The van der Waals surface area contributed by atoms with Gasteiger partial charge in [-0.05, 0) is 13.5 Å². The molecule has 11 heavy (non-hydrogen) atoms. The minimum atomic E-state index is 0.484. The third kappa shape index (κ3) is 0.643. The summed E-state index contributed by atoms with van der Waals surface area (Å²) in [7, 11) is 2.05. The normalized spacial score (nSPS) is 54.3. The molecule has 0 unspecified atom stereocenters. The van der Waals surface area contributed by atoms with E-state index in [1.54, 1.807) is 0 Å². The van der Waals surface area contributed by atoms with Crippen LogP contribution in [0.3, 0.4) is 0 Å². The summed E-state index contributed by atoms with van der Waals surface area (Å²) in [5.74, 6) is 0. The number of rotatable bonds is 1. The van der Waals surface area contributed by atoms with Crippen molar-refractivity contribution in [3.63, 3.8) is 0 Å². The van der Waals surface area contributed by atoms with Gasteiger partial charge >= 0.3 is 0 Å². The molecule has 3 heterocycles. The lowest BCUT2D eigenvalue weighted by molar-refractivity contribution is 0.00833. The Hall–Kier alpha value is -0.120. The molecule has 1 N–H and O–H groups in total. The molecule has 3 aliphatic heterocycles. The van der Waals surface area contributed by atoms with Crippen molar-refractivity contribution in [1.29, 1.82) is 0 Å². The highest BCUT2D eigenvalue weighted by Crippen LogP contribution is 2.39. The van der Waals surface area contributed by atoms with E-state index in [4.69, 9.17) is 4.74 Å². The van der Waals surface area contributed by atoms with Crippen LogP contribution in [0.1, 0.15) is 6.42 Å². The Labute approximate surface area is 66.7 Å². The van der Waals surface area contributed by atoms with Crippen LogP contribution in [-0.4, -0.2) is 49.3 Å². The zero-order valence-corrected chi connectivity index (χ0v) is 6.79. The molecule has 0 amide bonds. The zero-order chi connectivity index (χ0) is 7.42. The quantitative estimate of drug-likeness (QED) is 0.547. The molecule has 0 radical (unpaired) electrons. The first-order valence-electron chi connectivity index (χ1n) is 4.47. The second-order valence-electron chi connectivity index (χ2n) is 3.80. The van der Waals surface area contributed by atoms with Gasteiger partial charge in [0.05, 0.1) is 24.3 Å². The lowest BCUT2D eigenvalue weighted by Gasteiger charge is -2.21. The van der Waals surface area contributed by atoms with E-state index in [2.05, 4.69) is 10.2 Å².